The van der Waals surface area contributed by atoms with Crippen LogP contribution in [0.2, 0.25) is 0 Å². The minimum Gasteiger partial charge on any atom is -0.355 e. The van der Waals surface area contributed by atoms with Gasteiger partial charge in [-0.2, -0.15) is 0 Å². The fourth-order valence-corrected chi connectivity index (χ4v) is 2.52. The van der Waals surface area contributed by atoms with E-state index < -0.39 is 0 Å². The van der Waals surface area contributed by atoms with Crippen molar-refractivity contribution in [2.75, 3.05) is 6.54 Å². The van der Waals surface area contributed by atoms with Gasteiger partial charge in [0.2, 0.25) is 5.91 Å². The topological polar surface area (TPSA) is 41.1 Å². The van der Waals surface area contributed by atoms with Crippen LogP contribution in [0.25, 0.3) is 0 Å². The second-order valence-corrected chi connectivity index (χ2v) is 5.31. The van der Waals surface area contributed by atoms with Crippen LogP contribution in [-0.4, -0.2) is 18.5 Å². The maximum absolute atomic E-state index is 12.9. The molecule has 18 heavy (non-hydrogen) atoms. The SMILES string of the molecule is O=C1NCCCCC1NCc1ccc(F)cc1Br. The van der Waals surface area contributed by atoms with Crippen molar-refractivity contribution in [1.82, 2.24) is 10.6 Å². The van der Waals surface area contributed by atoms with E-state index in [9.17, 15) is 9.18 Å². The molecule has 1 aliphatic heterocycles. The predicted octanol–water partition coefficient (Wildman–Crippen LogP) is 2.35. The lowest BCUT2D eigenvalue weighted by atomic mass is 10.1. The minimum absolute atomic E-state index is 0.0609. The summed E-state index contributed by atoms with van der Waals surface area (Å²) in [5.74, 6) is -0.205. The first-order valence-electron chi connectivity index (χ1n) is 6.12. The number of hydrogen-bond acceptors (Lipinski definition) is 2. The van der Waals surface area contributed by atoms with Crippen molar-refractivity contribution in [3.05, 3.63) is 34.1 Å². The second-order valence-electron chi connectivity index (χ2n) is 4.46. The third kappa shape index (κ3) is 3.53. The molecule has 3 nitrogen and oxygen atoms in total. The van der Waals surface area contributed by atoms with Gasteiger partial charge in [0, 0.05) is 17.6 Å². The highest BCUT2D eigenvalue weighted by Gasteiger charge is 2.19. The van der Waals surface area contributed by atoms with Crippen molar-refractivity contribution in [3.63, 3.8) is 0 Å². The number of rotatable bonds is 3. The minimum atomic E-state index is -0.266. The van der Waals surface area contributed by atoms with Crippen LogP contribution in [0.4, 0.5) is 4.39 Å². The van der Waals surface area contributed by atoms with Gasteiger partial charge in [0.25, 0.3) is 0 Å². The first-order valence-corrected chi connectivity index (χ1v) is 6.91. The maximum Gasteiger partial charge on any atom is 0.237 e. The lowest BCUT2D eigenvalue weighted by Gasteiger charge is -2.15. The molecule has 0 bridgehead atoms. The van der Waals surface area contributed by atoms with E-state index in [-0.39, 0.29) is 17.8 Å². The van der Waals surface area contributed by atoms with E-state index >= 15 is 0 Å². The van der Waals surface area contributed by atoms with Crippen LogP contribution < -0.4 is 10.6 Å². The number of carbonyl (C=O) groups is 1. The van der Waals surface area contributed by atoms with E-state index in [0.29, 0.717) is 6.54 Å². The summed E-state index contributed by atoms with van der Waals surface area (Å²) >= 11 is 3.32. The van der Waals surface area contributed by atoms with Gasteiger partial charge in [-0.25, -0.2) is 4.39 Å². The molecule has 5 heteroatoms. The van der Waals surface area contributed by atoms with Gasteiger partial charge >= 0.3 is 0 Å². The Balaban J connectivity index is 1.95. The highest BCUT2D eigenvalue weighted by molar-refractivity contribution is 9.10. The molecule has 1 heterocycles. The summed E-state index contributed by atoms with van der Waals surface area (Å²) in [4.78, 5) is 11.7. The Bertz CT molecular complexity index is 439. The van der Waals surface area contributed by atoms with Gasteiger partial charge in [-0.3, -0.25) is 4.79 Å². The van der Waals surface area contributed by atoms with Crippen molar-refractivity contribution in [2.24, 2.45) is 0 Å². The molecule has 1 aromatic carbocycles. The number of hydrogen-bond donors (Lipinski definition) is 2. The zero-order chi connectivity index (χ0) is 13.0. The first-order chi connectivity index (χ1) is 8.66. The van der Waals surface area contributed by atoms with Crippen LogP contribution >= 0.6 is 15.9 Å². The highest BCUT2D eigenvalue weighted by Crippen LogP contribution is 2.18. The molecule has 2 rings (SSSR count). The van der Waals surface area contributed by atoms with Crippen LogP contribution in [0.1, 0.15) is 24.8 Å². The van der Waals surface area contributed by atoms with Crippen molar-refractivity contribution in [1.29, 1.82) is 0 Å². The quantitative estimate of drug-likeness (QED) is 0.899. The van der Waals surface area contributed by atoms with E-state index in [1.807, 2.05) is 0 Å². The standard InChI is InChI=1S/C13H16BrFN2O/c14-11-7-10(15)5-4-9(11)8-17-12-3-1-2-6-16-13(12)18/h4-5,7,12,17H,1-3,6,8H2,(H,16,18). The zero-order valence-corrected chi connectivity index (χ0v) is 11.6. The molecule has 1 aromatic rings. The summed E-state index contributed by atoms with van der Waals surface area (Å²) in [6.07, 6.45) is 2.93. The van der Waals surface area contributed by atoms with Crippen molar-refractivity contribution in [2.45, 2.75) is 31.8 Å². The van der Waals surface area contributed by atoms with Gasteiger partial charge in [0.05, 0.1) is 6.04 Å². The highest BCUT2D eigenvalue weighted by atomic mass is 79.9. The lowest BCUT2D eigenvalue weighted by Crippen LogP contribution is -2.42. The Kier molecular flexibility index (Phi) is 4.72. The van der Waals surface area contributed by atoms with Crippen LogP contribution in [0.15, 0.2) is 22.7 Å². The molecular weight excluding hydrogens is 299 g/mol. The average Bonchev–Trinajstić information content (AvgIpc) is 2.53. The van der Waals surface area contributed by atoms with Gasteiger partial charge in [0.1, 0.15) is 5.82 Å². The van der Waals surface area contributed by atoms with Crippen molar-refractivity contribution < 1.29 is 9.18 Å². The van der Waals surface area contributed by atoms with E-state index in [1.54, 1.807) is 6.07 Å². The van der Waals surface area contributed by atoms with Gasteiger partial charge in [0.15, 0.2) is 0 Å². The molecule has 0 radical (unpaired) electrons. The molecule has 0 aliphatic carbocycles. The molecule has 1 aliphatic rings. The summed E-state index contributed by atoms with van der Waals surface area (Å²) in [7, 11) is 0. The number of benzene rings is 1. The number of carbonyl (C=O) groups excluding carboxylic acids is 1. The normalized spacial score (nSPS) is 20.3. The van der Waals surface area contributed by atoms with E-state index in [4.69, 9.17) is 0 Å². The maximum atomic E-state index is 12.9. The Morgan fingerprint density at radius 2 is 2.28 bits per heavy atom. The van der Waals surface area contributed by atoms with E-state index in [2.05, 4.69) is 26.6 Å². The molecule has 1 amide bonds. The Labute approximate surface area is 114 Å². The summed E-state index contributed by atoms with van der Waals surface area (Å²) in [5.41, 5.74) is 0.952. The Morgan fingerprint density at radius 1 is 1.44 bits per heavy atom. The molecule has 98 valence electrons. The number of halogens is 2. The lowest BCUT2D eigenvalue weighted by molar-refractivity contribution is -0.122. The fraction of sp³-hybridized carbons (Fsp3) is 0.462. The fourth-order valence-electron chi connectivity index (χ4n) is 2.03. The van der Waals surface area contributed by atoms with Gasteiger partial charge in [-0.15, -0.1) is 0 Å². The van der Waals surface area contributed by atoms with E-state index in [0.717, 1.165) is 35.8 Å². The molecule has 1 fully saturated rings. The molecule has 0 spiro atoms. The average molecular weight is 315 g/mol. The van der Waals surface area contributed by atoms with E-state index in [1.165, 1.54) is 12.1 Å². The van der Waals surface area contributed by atoms with Crippen LogP contribution in [0.3, 0.4) is 0 Å². The van der Waals surface area contributed by atoms with Crippen LogP contribution in [-0.2, 0) is 11.3 Å². The first kappa shape index (κ1) is 13.5. The Morgan fingerprint density at radius 3 is 3.06 bits per heavy atom. The molecule has 0 aromatic heterocycles. The summed E-state index contributed by atoms with van der Waals surface area (Å²) in [6.45, 7) is 1.32. The number of nitrogens with one attached hydrogen (secondary N) is 2. The zero-order valence-electron chi connectivity index (χ0n) is 10.0. The van der Waals surface area contributed by atoms with Crippen molar-refractivity contribution >= 4 is 21.8 Å². The summed E-state index contributed by atoms with van der Waals surface area (Å²) < 4.78 is 13.7. The number of amides is 1. The summed E-state index contributed by atoms with van der Waals surface area (Å²) in [5, 5.41) is 6.10. The molecule has 1 atom stereocenters. The smallest absolute Gasteiger partial charge is 0.237 e. The monoisotopic (exact) mass is 314 g/mol. The third-order valence-corrected chi connectivity index (χ3v) is 3.83. The van der Waals surface area contributed by atoms with Crippen molar-refractivity contribution in [3.8, 4) is 0 Å². The molecule has 2 N–H and O–H groups in total. The van der Waals surface area contributed by atoms with Crippen LogP contribution in [0.5, 0.6) is 0 Å². The summed E-state index contributed by atoms with van der Waals surface area (Å²) in [6, 6.07) is 4.43. The molecular formula is C13H16BrFN2O. The third-order valence-electron chi connectivity index (χ3n) is 3.09. The van der Waals surface area contributed by atoms with Gasteiger partial charge in [-0.1, -0.05) is 22.0 Å². The molecule has 0 saturated carbocycles. The second kappa shape index (κ2) is 6.29. The molecule has 1 unspecified atom stereocenters. The largest absolute Gasteiger partial charge is 0.355 e. The predicted molar refractivity (Wildman–Crippen MR) is 71.6 cm³/mol. The van der Waals surface area contributed by atoms with Crippen LogP contribution in [0, 0.1) is 5.82 Å². The van der Waals surface area contributed by atoms with Gasteiger partial charge < -0.3 is 10.6 Å². The van der Waals surface area contributed by atoms with Gasteiger partial charge in [-0.05, 0) is 37.0 Å². The molecule has 1 saturated heterocycles. The Hall–Kier alpha value is -0.940.